The number of hydrogen-bond donors (Lipinski definition) is 2. The van der Waals surface area contributed by atoms with Crippen LogP contribution in [0.5, 0.6) is 0 Å². The number of nitrogens with zero attached hydrogens (tertiary/aromatic N) is 1. The number of pyridine rings is 1. The summed E-state index contributed by atoms with van der Waals surface area (Å²) < 4.78 is 19.1. The van der Waals surface area contributed by atoms with Gasteiger partial charge in [-0.3, -0.25) is 4.79 Å². The average molecular weight is 407 g/mol. The number of thiophene rings is 1. The molecule has 0 aliphatic heterocycles. The second-order valence-electron chi connectivity index (χ2n) is 6.42. The van der Waals surface area contributed by atoms with Crippen molar-refractivity contribution < 1.29 is 13.6 Å². The maximum absolute atomic E-state index is 14.0. The molecule has 3 heterocycles. The topological polar surface area (TPSA) is 67.2 Å². The Morgan fingerprint density at radius 1 is 1.14 bits per heavy atom. The third-order valence-electron chi connectivity index (χ3n) is 4.31. The molecule has 0 saturated heterocycles. The maximum Gasteiger partial charge on any atom is 0.291 e. The largest absolute Gasteiger partial charge is 0.459 e. The summed E-state index contributed by atoms with van der Waals surface area (Å²) in [7, 11) is 0. The molecule has 3 aromatic heterocycles. The van der Waals surface area contributed by atoms with Gasteiger partial charge in [0.05, 0.1) is 12.3 Å². The van der Waals surface area contributed by atoms with Crippen LogP contribution in [0.3, 0.4) is 0 Å². The number of aryl methyl sites for hydroxylation is 1. The second kappa shape index (κ2) is 8.28. The number of benzene rings is 1. The maximum atomic E-state index is 14.0. The monoisotopic (exact) mass is 407 g/mol. The van der Waals surface area contributed by atoms with Crippen molar-refractivity contribution >= 4 is 28.1 Å². The van der Waals surface area contributed by atoms with Crippen molar-refractivity contribution in [2.45, 2.75) is 13.0 Å². The zero-order chi connectivity index (χ0) is 20.2. The van der Waals surface area contributed by atoms with E-state index >= 15 is 0 Å². The minimum absolute atomic E-state index is 0.224. The van der Waals surface area contributed by atoms with Crippen LogP contribution in [0.2, 0.25) is 0 Å². The first kappa shape index (κ1) is 18.9. The molecule has 5 nitrogen and oxygen atoms in total. The summed E-state index contributed by atoms with van der Waals surface area (Å²) in [5.41, 5.74) is 1.55. The number of rotatable bonds is 6. The Balaban J connectivity index is 1.73. The Hall–Kier alpha value is -3.45. The minimum atomic E-state index is -0.405. The lowest BCUT2D eigenvalue weighted by Gasteiger charge is -2.21. The van der Waals surface area contributed by atoms with Gasteiger partial charge in [-0.1, -0.05) is 18.2 Å². The smallest absolute Gasteiger partial charge is 0.291 e. The summed E-state index contributed by atoms with van der Waals surface area (Å²) >= 11 is 1.45. The summed E-state index contributed by atoms with van der Waals surface area (Å²) in [6, 6.07) is 16.8. The van der Waals surface area contributed by atoms with Gasteiger partial charge in [0.25, 0.3) is 5.91 Å². The van der Waals surface area contributed by atoms with Gasteiger partial charge in [-0.15, -0.1) is 11.3 Å². The second-order valence-corrected chi connectivity index (χ2v) is 7.68. The summed E-state index contributed by atoms with van der Waals surface area (Å²) in [6.07, 6.45) is 3.14. The van der Waals surface area contributed by atoms with E-state index in [0.29, 0.717) is 10.8 Å². The van der Waals surface area contributed by atoms with Gasteiger partial charge in [0.2, 0.25) is 0 Å². The number of furan rings is 1. The van der Waals surface area contributed by atoms with Gasteiger partial charge in [0.1, 0.15) is 16.6 Å². The highest BCUT2D eigenvalue weighted by atomic mass is 32.1. The van der Waals surface area contributed by atoms with Crippen molar-refractivity contribution in [1.29, 1.82) is 0 Å². The number of aromatic nitrogens is 1. The first-order valence-corrected chi connectivity index (χ1v) is 9.80. The molecule has 0 fully saturated rings. The number of carbonyl (C=O) groups excluding carboxylic acids is 1. The standard InChI is InChI=1S/C22H18FN3O2S/c1-14-12-17(22(29-14)26-21(27)18-8-5-11-28-18)20(15-6-4-7-16(23)13-15)25-19-9-2-3-10-24-19/h2-13,20H,1H3,(H,24,25)(H,26,27)/t20-/m1/s1. The highest BCUT2D eigenvalue weighted by Gasteiger charge is 2.23. The molecule has 2 N–H and O–H groups in total. The molecule has 146 valence electrons. The number of nitrogens with one attached hydrogen (secondary N) is 2. The van der Waals surface area contributed by atoms with Gasteiger partial charge >= 0.3 is 0 Å². The fourth-order valence-corrected chi connectivity index (χ4v) is 3.99. The molecule has 1 aromatic carbocycles. The predicted octanol–water partition coefficient (Wildman–Crippen LogP) is 5.64. The van der Waals surface area contributed by atoms with Crippen LogP contribution in [-0.2, 0) is 0 Å². The first-order chi connectivity index (χ1) is 14.1. The van der Waals surface area contributed by atoms with Gasteiger partial charge in [-0.05, 0) is 55.0 Å². The number of hydrogen-bond acceptors (Lipinski definition) is 5. The van der Waals surface area contributed by atoms with E-state index in [9.17, 15) is 9.18 Å². The lowest BCUT2D eigenvalue weighted by atomic mass is 9.99. The minimum Gasteiger partial charge on any atom is -0.459 e. The van der Waals surface area contributed by atoms with Crippen LogP contribution in [0.4, 0.5) is 15.2 Å². The Labute approximate surface area is 171 Å². The lowest BCUT2D eigenvalue weighted by Crippen LogP contribution is -2.17. The predicted molar refractivity (Wildman–Crippen MR) is 112 cm³/mol. The quantitative estimate of drug-likeness (QED) is 0.434. The van der Waals surface area contributed by atoms with Gasteiger partial charge in [-0.25, -0.2) is 9.37 Å². The fraction of sp³-hybridized carbons (Fsp3) is 0.0909. The van der Waals surface area contributed by atoms with Crippen LogP contribution in [-0.4, -0.2) is 10.9 Å². The van der Waals surface area contributed by atoms with E-state index in [4.69, 9.17) is 4.42 Å². The zero-order valence-corrected chi connectivity index (χ0v) is 16.4. The Kier molecular flexibility index (Phi) is 5.39. The van der Waals surface area contributed by atoms with Crippen LogP contribution in [0, 0.1) is 12.7 Å². The van der Waals surface area contributed by atoms with Gasteiger partial charge in [0.15, 0.2) is 5.76 Å². The first-order valence-electron chi connectivity index (χ1n) is 8.98. The highest BCUT2D eigenvalue weighted by Crippen LogP contribution is 2.37. The van der Waals surface area contributed by atoms with E-state index in [-0.39, 0.29) is 17.5 Å². The van der Waals surface area contributed by atoms with E-state index < -0.39 is 6.04 Å². The van der Waals surface area contributed by atoms with Crippen LogP contribution < -0.4 is 10.6 Å². The van der Waals surface area contributed by atoms with Crippen LogP contribution in [0.25, 0.3) is 0 Å². The van der Waals surface area contributed by atoms with Crippen LogP contribution in [0.15, 0.2) is 77.5 Å². The molecule has 0 spiro atoms. The molecule has 0 unspecified atom stereocenters. The van der Waals surface area contributed by atoms with Crippen molar-refractivity contribution in [1.82, 2.24) is 4.98 Å². The SMILES string of the molecule is Cc1cc([C@H](Nc2ccccn2)c2cccc(F)c2)c(NC(=O)c2ccco2)s1. The number of anilines is 2. The molecule has 0 saturated carbocycles. The zero-order valence-electron chi connectivity index (χ0n) is 15.6. The molecule has 0 radical (unpaired) electrons. The van der Waals surface area contributed by atoms with E-state index in [2.05, 4.69) is 15.6 Å². The molecule has 29 heavy (non-hydrogen) atoms. The lowest BCUT2D eigenvalue weighted by molar-refractivity contribution is 0.0997. The van der Waals surface area contributed by atoms with Gasteiger partial charge in [0, 0.05) is 16.6 Å². The normalized spacial score (nSPS) is 11.8. The van der Waals surface area contributed by atoms with Crippen molar-refractivity contribution in [3.8, 4) is 0 Å². The molecular weight excluding hydrogens is 389 g/mol. The van der Waals surface area contributed by atoms with E-state index in [1.54, 1.807) is 24.4 Å². The third-order valence-corrected chi connectivity index (χ3v) is 5.29. The average Bonchev–Trinajstić information content (AvgIpc) is 3.37. The molecule has 4 aromatic rings. The molecular formula is C22H18FN3O2S. The van der Waals surface area contributed by atoms with E-state index in [0.717, 1.165) is 16.0 Å². The Morgan fingerprint density at radius 3 is 2.76 bits per heavy atom. The van der Waals surface area contributed by atoms with Crippen LogP contribution >= 0.6 is 11.3 Å². The Morgan fingerprint density at radius 2 is 2.03 bits per heavy atom. The molecule has 1 amide bonds. The molecule has 1 atom stereocenters. The third kappa shape index (κ3) is 4.35. The molecule has 7 heteroatoms. The van der Waals surface area contributed by atoms with Crippen molar-refractivity contribution in [3.05, 3.63) is 101 Å². The van der Waals surface area contributed by atoms with E-state index in [1.807, 2.05) is 37.3 Å². The summed E-state index contributed by atoms with van der Waals surface area (Å²) in [6.45, 7) is 1.96. The summed E-state index contributed by atoms with van der Waals surface area (Å²) in [5.74, 6) is 0.202. The summed E-state index contributed by atoms with van der Waals surface area (Å²) in [5, 5.41) is 6.94. The number of halogens is 1. The fourth-order valence-electron chi connectivity index (χ4n) is 3.04. The van der Waals surface area contributed by atoms with Crippen molar-refractivity contribution in [3.63, 3.8) is 0 Å². The van der Waals surface area contributed by atoms with Crippen molar-refractivity contribution in [2.24, 2.45) is 0 Å². The van der Waals surface area contributed by atoms with E-state index in [1.165, 1.54) is 29.7 Å². The van der Waals surface area contributed by atoms with Gasteiger partial charge < -0.3 is 15.1 Å². The summed E-state index contributed by atoms with van der Waals surface area (Å²) in [4.78, 5) is 17.9. The molecule has 0 aliphatic carbocycles. The van der Waals surface area contributed by atoms with Gasteiger partial charge in [-0.2, -0.15) is 0 Å². The number of carbonyl (C=O) groups is 1. The molecule has 4 rings (SSSR count). The Bertz CT molecular complexity index is 1110. The highest BCUT2D eigenvalue weighted by molar-refractivity contribution is 7.16. The van der Waals surface area contributed by atoms with Crippen LogP contribution in [0.1, 0.15) is 32.6 Å². The molecule has 0 aliphatic rings. The molecule has 0 bridgehead atoms. The van der Waals surface area contributed by atoms with Crippen molar-refractivity contribution in [2.75, 3.05) is 10.6 Å². The number of amides is 1.